The summed E-state index contributed by atoms with van der Waals surface area (Å²) in [6.45, 7) is 7.24. The molecule has 0 aromatic carbocycles. The quantitative estimate of drug-likeness (QED) is 0.498. The zero-order valence-electron chi connectivity index (χ0n) is 6.20. The molecule has 0 bridgehead atoms. The van der Waals surface area contributed by atoms with E-state index in [-0.39, 0.29) is 0 Å². The largest absolute Gasteiger partial charge is 0.285 e. The van der Waals surface area contributed by atoms with Gasteiger partial charge in [-0.3, -0.25) is 5.21 Å². The van der Waals surface area contributed by atoms with Gasteiger partial charge in [-0.25, -0.2) is 0 Å². The first-order valence-electron chi connectivity index (χ1n) is 3.27. The van der Waals surface area contributed by atoms with Crippen LogP contribution in [0.2, 0.25) is 0 Å². The summed E-state index contributed by atoms with van der Waals surface area (Å²) in [6, 6.07) is 1.77. The number of rotatable bonds is 2. The maximum Gasteiger partial charge on any atom is 0.230 e. The van der Waals surface area contributed by atoms with Gasteiger partial charge in [0.2, 0.25) is 12.4 Å². The van der Waals surface area contributed by atoms with Gasteiger partial charge in [0.1, 0.15) is 0 Å². The van der Waals surface area contributed by atoms with Crippen LogP contribution in [0.4, 0.5) is 0 Å². The van der Waals surface area contributed by atoms with Gasteiger partial charge in [-0.2, -0.15) is 0 Å². The molecule has 56 valence electrons. The summed E-state index contributed by atoms with van der Waals surface area (Å²) in [5, 5.41) is 9.00. The molecule has 0 atom stereocenters. The van der Waals surface area contributed by atoms with E-state index in [1.807, 2.05) is 0 Å². The molecule has 0 saturated heterocycles. The second-order valence-electron chi connectivity index (χ2n) is 2.14. The smallest absolute Gasteiger partial charge is 0.230 e. The topological polar surface area (TPSA) is 24.1 Å². The van der Waals surface area contributed by atoms with Gasteiger partial charge in [0.25, 0.3) is 0 Å². The lowest BCUT2D eigenvalue weighted by molar-refractivity contribution is -0.904. The van der Waals surface area contributed by atoms with Gasteiger partial charge in [0, 0.05) is 10.8 Å². The van der Waals surface area contributed by atoms with Crippen LogP contribution in [0.3, 0.4) is 0 Å². The zero-order chi connectivity index (χ0) is 8.27. The Labute approximate surface area is 65.7 Å². The highest BCUT2D eigenvalue weighted by molar-refractivity contribution is 5.61. The maximum atomic E-state index is 9.00. The minimum Gasteiger partial charge on any atom is -0.285 e. The molecule has 1 heterocycles. The molecule has 0 amide bonds. The van der Waals surface area contributed by atoms with Crippen LogP contribution in [0.15, 0.2) is 31.6 Å². The van der Waals surface area contributed by atoms with Gasteiger partial charge in [0.05, 0.1) is 5.56 Å². The number of nitrogens with zero attached hydrogens (tertiary/aromatic N) is 1. The van der Waals surface area contributed by atoms with Gasteiger partial charge < -0.3 is 0 Å². The highest BCUT2D eigenvalue weighted by Gasteiger charge is 2.01. The molecular formula is C9H10NO+. The van der Waals surface area contributed by atoms with Crippen LogP contribution in [-0.2, 0) is 0 Å². The lowest BCUT2D eigenvalue weighted by Gasteiger charge is -1.94. The molecule has 0 aliphatic carbocycles. The summed E-state index contributed by atoms with van der Waals surface area (Å²) in [5.74, 6) is 0. The van der Waals surface area contributed by atoms with Crippen molar-refractivity contribution in [3.8, 4) is 0 Å². The fraction of sp³-hybridized carbons (Fsp3) is 0. The van der Waals surface area contributed by atoms with E-state index < -0.39 is 0 Å². The summed E-state index contributed by atoms with van der Waals surface area (Å²) in [5.41, 5.74) is 1.83. The highest BCUT2D eigenvalue weighted by atomic mass is 16.5. The Hall–Kier alpha value is -1.57. The standard InChI is InChI=1S/C9H10NO/c1-3-8-5-6-10(11)7-9(8)4-2/h3-7,11H,1-2H2/q+1. The van der Waals surface area contributed by atoms with Crippen LogP contribution in [-0.4, -0.2) is 5.21 Å². The molecule has 2 heteroatoms. The van der Waals surface area contributed by atoms with Gasteiger partial charge in [0.15, 0.2) is 0 Å². The SMILES string of the molecule is C=Cc1cc[n+](O)cc1C=C. The zero-order valence-corrected chi connectivity index (χ0v) is 6.20. The molecule has 11 heavy (non-hydrogen) atoms. The van der Waals surface area contributed by atoms with Crippen LogP contribution in [0, 0.1) is 0 Å². The first kappa shape index (κ1) is 7.54. The summed E-state index contributed by atoms with van der Waals surface area (Å²) in [4.78, 5) is 0. The highest BCUT2D eigenvalue weighted by Crippen LogP contribution is 2.07. The number of aromatic nitrogens is 1. The van der Waals surface area contributed by atoms with E-state index in [0.717, 1.165) is 15.9 Å². The second-order valence-corrected chi connectivity index (χ2v) is 2.14. The van der Waals surface area contributed by atoms with Crippen molar-refractivity contribution >= 4 is 12.2 Å². The molecule has 1 rings (SSSR count). The molecule has 0 fully saturated rings. The van der Waals surface area contributed by atoms with E-state index in [9.17, 15) is 0 Å². The monoisotopic (exact) mass is 148 g/mol. The first-order valence-corrected chi connectivity index (χ1v) is 3.27. The fourth-order valence-electron chi connectivity index (χ4n) is 0.869. The molecule has 1 N–H and O–H groups in total. The van der Waals surface area contributed by atoms with Crippen molar-refractivity contribution in [2.24, 2.45) is 0 Å². The molecule has 2 nitrogen and oxygen atoms in total. The molecule has 0 saturated carbocycles. The van der Waals surface area contributed by atoms with Crippen LogP contribution in [0.25, 0.3) is 12.2 Å². The second kappa shape index (κ2) is 3.01. The Kier molecular flexibility index (Phi) is 2.06. The summed E-state index contributed by atoms with van der Waals surface area (Å²) < 4.78 is 0.990. The molecular weight excluding hydrogens is 138 g/mol. The fourth-order valence-corrected chi connectivity index (χ4v) is 0.869. The lowest BCUT2D eigenvalue weighted by Crippen LogP contribution is -2.28. The van der Waals surface area contributed by atoms with Crippen LogP contribution < -0.4 is 4.73 Å². The van der Waals surface area contributed by atoms with Crippen LogP contribution >= 0.6 is 0 Å². The number of hydrogen-bond donors (Lipinski definition) is 1. The van der Waals surface area contributed by atoms with E-state index in [4.69, 9.17) is 5.21 Å². The van der Waals surface area contributed by atoms with Crippen molar-refractivity contribution in [3.05, 3.63) is 42.7 Å². The average Bonchev–Trinajstić information content (AvgIpc) is 2.04. The molecule has 0 spiro atoms. The molecule has 0 unspecified atom stereocenters. The molecule has 0 aliphatic rings. The third-order valence-electron chi connectivity index (χ3n) is 1.45. The van der Waals surface area contributed by atoms with E-state index in [0.29, 0.717) is 0 Å². The summed E-state index contributed by atoms with van der Waals surface area (Å²) in [6.07, 6.45) is 6.51. The molecule has 1 aromatic heterocycles. The third kappa shape index (κ3) is 1.46. The minimum absolute atomic E-state index is 0.866. The van der Waals surface area contributed by atoms with E-state index in [1.54, 1.807) is 30.6 Å². The maximum absolute atomic E-state index is 9.00. The van der Waals surface area contributed by atoms with Gasteiger partial charge in [-0.05, 0) is 5.56 Å². The predicted molar refractivity (Wildman–Crippen MR) is 44.0 cm³/mol. The first-order chi connectivity index (χ1) is 5.27. The van der Waals surface area contributed by atoms with E-state index in [2.05, 4.69) is 13.2 Å². The molecule has 1 aromatic rings. The van der Waals surface area contributed by atoms with Crippen molar-refractivity contribution in [3.63, 3.8) is 0 Å². The van der Waals surface area contributed by atoms with Gasteiger partial charge >= 0.3 is 0 Å². The normalized spacial score (nSPS) is 9.09. The van der Waals surface area contributed by atoms with Crippen molar-refractivity contribution < 1.29 is 9.94 Å². The van der Waals surface area contributed by atoms with Crippen LogP contribution in [0.5, 0.6) is 0 Å². The Morgan fingerprint density at radius 3 is 2.45 bits per heavy atom. The summed E-state index contributed by atoms with van der Waals surface area (Å²) >= 11 is 0. The molecule has 0 radical (unpaired) electrons. The predicted octanol–water partition coefficient (Wildman–Crippen LogP) is 1.50. The van der Waals surface area contributed by atoms with E-state index in [1.165, 1.54) is 0 Å². The Morgan fingerprint density at radius 1 is 1.27 bits per heavy atom. The Bertz CT molecular complexity index is 292. The van der Waals surface area contributed by atoms with Gasteiger partial charge in [-0.1, -0.05) is 25.3 Å². The van der Waals surface area contributed by atoms with Gasteiger partial charge in [-0.15, -0.1) is 0 Å². The molecule has 0 aliphatic heterocycles. The van der Waals surface area contributed by atoms with E-state index >= 15 is 0 Å². The third-order valence-corrected chi connectivity index (χ3v) is 1.45. The number of hydrogen-bond acceptors (Lipinski definition) is 1. The minimum atomic E-state index is 0.866. The lowest BCUT2D eigenvalue weighted by atomic mass is 10.1. The van der Waals surface area contributed by atoms with Crippen molar-refractivity contribution in [2.75, 3.05) is 0 Å². The Morgan fingerprint density at radius 2 is 1.91 bits per heavy atom. The van der Waals surface area contributed by atoms with Crippen LogP contribution in [0.1, 0.15) is 11.1 Å². The summed E-state index contributed by atoms with van der Waals surface area (Å²) in [7, 11) is 0. The van der Waals surface area contributed by atoms with Crippen molar-refractivity contribution in [1.82, 2.24) is 0 Å². The van der Waals surface area contributed by atoms with Crippen molar-refractivity contribution in [2.45, 2.75) is 0 Å². The average molecular weight is 148 g/mol. The van der Waals surface area contributed by atoms with Crippen molar-refractivity contribution in [1.29, 1.82) is 0 Å². The number of pyridine rings is 1. The Balaban J connectivity index is 3.26.